The van der Waals surface area contributed by atoms with Crippen LogP contribution < -0.4 is 0 Å². The summed E-state index contributed by atoms with van der Waals surface area (Å²) in [5, 5.41) is 9.73. The highest BCUT2D eigenvalue weighted by molar-refractivity contribution is 7.13. The zero-order chi connectivity index (χ0) is 19.3. The smallest absolute Gasteiger partial charge is 0.307 e. The Labute approximate surface area is 163 Å². The molecular formula is C18H15N5O4S. The number of thiophene rings is 1. The predicted octanol–water partition coefficient (Wildman–Crippen LogP) is 3.48. The van der Waals surface area contributed by atoms with Crippen molar-refractivity contribution in [2.45, 2.75) is 25.9 Å². The standard InChI is InChI=1S/C18H15N5O4S/c1-11(18-21-16(22-27-18)12-4-2-8-19-10-12)25-15(24)7-6-14-20-17(23-26-14)13-5-3-9-28-13/h2-5,8-11H,6-7H2,1H3. The van der Waals surface area contributed by atoms with Crippen molar-refractivity contribution in [1.82, 2.24) is 25.3 Å². The van der Waals surface area contributed by atoms with Gasteiger partial charge in [0.1, 0.15) is 0 Å². The van der Waals surface area contributed by atoms with Crippen LogP contribution in [-0.4, -0.2) is 31.2 Å². The molecule has 4 rings (SSSR count). The Balaban J connectivity index is 1.31. The van der Waals surface area contributed by atoms with Gasteiger partial charge >= 0.3 is 5.97 Å². The van der Waals surface area contributed by atoms with Crippen molar-refractivity contribution in [1.29, 1.82) is 0 Å². The maximum absolute atomic E-state index is 12.1. The van der Waals surface area contributed by atoms with Gasteiger partial charge in [-0.2, -0.15) is 9.97 Å². The fourth-order valence-corrected chi connectivity index (χ4v) is 3.04. The Morgan fingerprint density at radius 1 is 1.18 bits per heavy atom. The largest absolute Gasteiger partial charge is 0.453 e. The Morgan fingerprint density at radius 2 is 2.07 bits per heavy atom. The molecule has 0 saturated heterocycles. The summed E-state index contributed by atoms with van der Waals surface area (Å²) in [4.78, 5) is 25.5. The van der Waals surface area contributed by atoms with Crippen molar-refractivity contribution in [2.24, 2.45) is 0 Å². The third kappa shape index (κ3) is 4.12. The molecule has 0 aliphatic carbocycles. The van der Waals surface area contributed by atoms with Gasteiger partial charge in [0, 0.05) is 24.4 Å². The Morgan fingerprint density at radius 3 is 2.86 bits per heavy atom. The zero-order valence-electron chi connectivity index (χ0n) is 14.8. The van der Waals surface area contributed by atoms with Crippen molar-refractivity contribution >= 4 is 17.3 Å². The fourth-order valence-electron chi connectivity index (χ4n) is 2.39. The van der Waals surface area contributed by atoms with E-state index in [0.29, 0.717) is 23.1 Å². The number of aryl methyl sites for hydroxylation is 1. The highest BCUT2D eigenvalue weighted by Crippen LogP contribution is 2.22. The van der Waals surface area contributed by atoms with Crippen molar-refractivity contribution in [2.75, 3.05) is 0 Å². The molecule has 28 heavy (non-hydrogen) atoms. The van der Waals surface area contributed by atoms with Crippen LogP contribution >= 0.6 is 11.3 Å². The molecule has 1 atom stereocenters. The van der Waals surface area contributed by atoms with E-state index >= 15 is 0 Å². The summed E-state index contributed by atoms with van der Waals surface area (Å²) in [6.45, 7) is 1.67. The van der Waals surface area contributed by atoms with Gasteiger partial charge in [-0.25, -0.2) is 0 Å². The molecule has 4 aromatic heterocycles. The van der Waals surface area contributed by atoms with Crippen LogP contribution in [0, 0.1) is 0 Å². The van der Waals surface area contributed by atoms with Gasteiger partial charge in [-0.1, -0.05) is 16.4 Å². The minimum absolute atomic E-state index is 0.0972. The lowest BCUT2D eigenvalue weighted by Crippen LogP contribution is -2.10. The Hall–Kier alpha value is -3.40. The number of carbonyl (C=O) groups excluding carboxylic acids is 1. The van der Waals surface area contributed by atoms with E-state index in [2.05, 4.69) is 25.3 Å². The molecule has 9 nitrogen and oxygen atoms in total. The minimum atomic E-state index is -0.671. The second-order valence-corrected chi connectivity index (χ2v) is 6.77. The molecule has 0 bridgehead atoms. The van der Waals surface area contributed by atoms with Gasteiger partial charge in [-0.05, 0) is 30.5 Å². The van der Waals surface area contributed by atoms with Gasteiger partial charge in [0.2, 0.25) is 17.5 Å². The molecule has 4 heterocycles. The molecule has 0 amide bonds. The summed E-state index contributed by atoms with van der Waals surface area (Å²) in [6, 6.07) is 7.40. The summed E-state index contributed by atoms with van der Waals surface area (Å²) < 4.78 is 15.7. The number of nitrogens with zero attached hydrogens (tertiary/aromatic N) is 5. The van der Waals surface area contributed by atoms with Crippen LogP contribution in [0.15, 0.2) is 51.1 Å². The summed E-state index contributed by atoms with van der Waals surface area (Å²) >= 11 is 1.52. The van der Waals surface area contributed by atoms with Gasteiger partial charge in [-0.15, -0.1) is 11.3 Å². The first kappa shape index (κ1) is 18.0. The maximum atomic E-state index is 12.1. The van der Waals surface area contributed by atoms with E-state index in [0.717, 1.165) is 4.88 Å². The van der Waals surface area contributed by atoms with Crippen LogP contribution in [0.3, 0.4) is 0 Å². The van der Waals surface area contributed by atoms with Crippen LogP contribution in [0.5, 0.6) is 0 Å². The Bertz CT molecular complexity index is 1050. The van der Waals surface area contributed by atoms with Crippen LogP contribution in [-0.2, 0) is 16.0 Å². The lowest BCUT2D eigenvalue weighted by Gasteiger charge is -2.08. The molecule has 0 aliphatic heterocycles. The fraction of sp³-hybridized carbons (Fsp3) is 0.222. The van der Waals surface area contributed by atoms with Crippen LogP contribution in [0.4, 0.5) is 0 Å². The topological polar surface area (TPSA) is 117 Å². The summed E-state index contributed by atoms with van der Waals surface area (Å²) in [5.74, 6) is 1.07. The number of rotatable bonds is 7. The SMILES string of the molecule is CC(OC(=O)CCc1nc(-c2cccs2)no1)c1nc(-c2cccnc2)no1. The van der Waals surface area contributed by atoms with Crippen molar-refractivity contribution < 1.29 is 18.6 Å². The van der Waals surface area contributed by atoms with Crippen molar-refractivity contribution in [3.05, 3.63) is 53.8 Å². The minimum Gasteiger partial charge on any atom is -0.453 e. The lowest BCUT2D eigenvalue weighted by molar-refractivity contribution is -0.149. The van der Waals surface area contributed by atoms with E-state index in [1.54, 1.807) is 25.4 Å². The molecule has 0 radical (unpaired) electrons. The third-order valence-electron chi connectivity index (χ3n) is 3.77. The molecule has 1 unspecified atom stereocenters. The second kappa shape index (κ2) is 8.09. The Kier molecular flexibility index (Phi) is 5.20. The van der Waals surface area contributed by atoms with Gasteiger partial charge in [-0.3, -0.25) is 9.78 Å². The number of hydrogen-bond acceptors (Lipinski definition) is 10. The third-order valence-corrected chi connectivity index (χ3v) is 4.64. The number of ether oxygens (including phenoxy) is 1. The van der Waals surface area contributed by atoms with E-state index in [9.17, 15) is 4.79 Å². The maximum Gasteiger partial charge on any atom is 0.307 e. The molecule has 0 saturated carbocycles. The number of carbonyl (C=O) groups is 1. The van der Waals surface area contributed by atoms with Crippen LogP contribution in [0.25, 0.3) is 22.1 Å². The van der Waals surface area contributed by atoms with Gasteiger partial charge in [0.05, 0.1) is 11.3 Å². The monoisotopic (exact) mass is 397 g/mol. The van der Waals surface area contributed by atoms with E-state index in [1.807, 2.05) is 23.6 Å². The van der Waals surface area contributed by atoms with Crippen molar-refractivity contribution in [3.8, 4) is 22.1 Å². The van der Waals surface area contributed by atoms with Gasteiger partial charge < -0.3 is 13.8 Å². The summed E-state index contributed by atoms with van der Waals surface area (Å²) in [5.41, 5.74) is 0.717. The second-order valence-electron chi connectivity index (χ2n) is 5.82. The molecular weight excluding hydrogens is 382 g/mol. The van der Waals surface area contributed by atoms with E-state index < -0.39 is 12.1 Å². The number of pyridine rings is 1. The summed E-state index contributed by atoms with van der Waals surface area (Å²) in [6.07, 6.45) is 2.99. The quantitative estimate of drug-likeness (QED) is 0.432. The van der Waals surface area contributed by atoms with Crippen LogP contribution in [0.1, 0.15) is 31.2 Å². The summed E-state index contributed by atoms with van der Waals surface area (Å²) in [7, 11) is 0. The number of aromatic nitrogens is 5. The molecule has 0 aliphatic rings. The first-order chi connectivity index (χ1) is 13.7. The predicted molar refractivity (Wildman–Crippen MR) is 98.0 cm³/mol. The first-order valence-corrected chi connectivity index (χ1v) is 9.37. The average Bonchev–Trinajstić information content (AvgIpc) is 3.48. The zero-order valence-corrected chi connectivity index (χ0v) is 15.6. The molecule has 0 N–H and O–H groups in total. The highest BCUT2D eigenvalue weighted by Gasteiger charge is 2.20. The highest BCUT2D eigenvalue weighted by atomic mass is 32.1. The van der Waals surface area contributed by atoms with Crippen LogP contribution in [0.2, 0.25) is 0 Å². The molecule has 4 aromatic rings. The lowest BCUT2D eigenvalue weighted by atomic mass is 10.3. The molecule has 0 aromatic carbocycles. The first-order valence-electron chi connectivity index (χ1n) is 8.49. The number of esters is 1. The number of hydrogen-bond donors (Lipinski definition) is 0. The normalized spacial score (nSPS) is 12.0. The van der Waals surface area contributed by atoms with E-state index in [4.69, 9.17) is 13.8 Å². The van der Waals surface area contributed by atoms with E-state index in [-0.39, 0.29) is 18.7 Å². The molecule has 0 spiro atoms. The molecule has 10 heteroatoms. The molecule has 0 fully saturated rings. The average molecular weight is 397 g/mol. The van der Waals surface area contributed by atoms with Gasteiger partial charge in [0.15, 0.2) is 6.10 Å². The molecule has 142 valence electrons. The van der Waals surface area contributed by atoms with Gasteiger partial charge in [0.25, 0.3) is 5.89 Å². The van der Waals surface area contributed by atoms with Crippen molar-refractivity contribution in [3.63, 3.8) is 0 Å². The van der Waals surface area contributed by atoms with E-state index in [1.165, 1.54) is 11.3 Å².